The maximum atomic E-state index is 3.20. The molecular formula is C12H19N. The normalized spacial score (nSPS) is 10.8. The zero-order valence-electron chi connectivity index (χ0n) is 8.80. The Hall–Kier alpha value is -0.820. The first kappa shape index (κ1) is 10.3. The van der Waals surface area contributed by atoms with Crippen LogP contribution in [0, 0.1) is 5.92 Å². The highest BCUT2D eigenvalue weighted by Crippen LogP contribution is 2.13. The van der Waals surface area contributed by atoms with Crippen LogP contribution < -0.4 is 5.32 Å². The minimum Gasteiger partial charge on any atom is -0.316 e. The van der Waals surface area contributed by atoms with Crippen LogP contribution in [0.25, 0.3) is 0 Å². The van der Waals surface area contributed by atoms with E-state index in [1.807, 2.05) is 7.05 Å². The quantitative estimate of drug-likeness (QED) is 0.745. The Bertz CT molecular complexity index is 253. The van der Waals surface area contributed by atoms with Crippen LogP contribution in [0.2, 0.25) is 0 Å². The zero-order chi connectivity index (χ0) is 9.68. The highest BCUT2D eigenvalue weighted by molar-refractivity contribution is 5.27. The first-order chi connectivity index (χ1) is 6.24. The summed E-state index contributed by atoms with van der Waals surface area (Å²) in [5.41, 5.74) is 2.91. The summed E-state index contributed by atoms with van der Waals surface area (Å²) in [6, 6.07) is 8.66. The summed E-state index contributed by atoms with van der Waals surface area (Å²) in [7, 11) is 1.99. The van der Waals surface area contributed by atoms with Crippen molar-refractivity contribution in [3.63, 3.8) is 0 Å². The van der Waals surface area contributed by atoms with E-state index in [0.717, 1.165) is 12.5 Å². The summed E-state index contributed by atoms with van der Waals surface area (Å²) < 4.78 is 0. The van der Waals surface area contributed by atoms with Gasteiger partial charge in [-0.1, -0.05) is 38.1 Å². The van der Waals surface area contributed by atoms with E-state index in [1.54, 1.807) is 0 Å². The third-order valence-corrected chi connectivity index (χ3v) is 2.11. The summed E-state index contributed by atoms with van der Waals surface area (Å²) in [6.07, 6.45) is 1.18. The van der Waals surface area contributed by atoms with Gasteiger partial charge in [0.15, 0.2) is 0 Å². The molecule has 0 aliphatic carbocycles. The summed E-state index contributed by atoms with van der Waals surface area (Å²) >= 11 is 0. The third-order valence-electron chi connectivity index (χ3n) is 2.11. The molecular weight excluding hydrogens is 158 g/mol. The lowest BCUT2D eigenvalue weighted by molar-refractivity contribution is 0.639. The van der Waals surface area contributed by atoms with Crippen LogP contribution in [-0.2, 0) is 13.0 Å². The van der Waals surface area contributed by atoms with Gasteiger partial charge in [0.25, 0.3) is 0 Å². The van der Waals surface area contributed by atoms with E-state index in [2.05, 4.69) is 43.4 Å². The second kappa shape index (κ2) is 5.03. The van der Waals surface area contributed by atoms with Gasteiger partial charge >= 0.3 is 0 Å². The highest BCUT2D eigenvalue weighted by atomic mass is 14.8. The molecule has 0 radical (unpaired) electrons. The third kappa shape index (κ3) is 3.19. The molecule has 1 aromatic carbocycles. The van der Waals surface area contributed by atoms with Crippen molar-refractivity contribution >= 4 is 0 Å². The highest BCUT2D eigenvalue weighted by Gasteiger charge is 2.02. The second-order valence-electron chi connectivity index (χ2n) is 3.90. The van der Waals surface area contributed by atoms with Crippen LogP contribution in [0.15, 0.2) is 24.3 Å². The van der Waals surface area contributed by atoms with Gasteiger partial charge < -0.3 is 5.32 Å². The van der Waals surface area contributed by atoms with Gasteiger partial charge in [-0.25, -0.2) is 0 Å². The predicted molar refractivity (Wildman–Crippen MR) is 57.7 cm³/mol. The summed E-state index contributed by atoms with van der Waals surface area (Å²) in [5.74, 6) is 0.734. The SMILES string of the molecule is CNCc1ccccc1CC(C)C. The van der Waals surface area contributed by atoms with Gasteiger partial charge in [0.2, 0.25) is 0 Å². The van der Waals surface area contributed by atoms with E-state index in [-0.39, 0.29) is 0 Å². The Labute approximate surface area is 81.2 Å². The van der Waals surface area contributed by atoms with Crippen molar-refractivity contribution in [2.45, 2.75) is 26.8 Å². The molecule has 0 bridgehead atoms. The first-order valence-electron chi connectivity index (χ1n) is 4.95. The molecule has 72 valence electrons. The van der Waals surface area contributed by atoms with Crippen LogP contribution >= 0.6 is 0 Å². The summed E-state index contributed by atoms with van der Waals surface area (Å²) in [5, 5.41) is 3.20. The molecule has 0 aliphatic heterocycles. The average Bonchev–Trinajstić information content (AvgIpc) is 2.08. The minimum absolute atomic E-state index is 0.734. The van der Waals surface area contributed by atoms with Crippen molar-refractivity contribution in [2.24, 2.45) is 5.92 Å². The first-order valence-corrected chi connectivity index (χ1v) is 4.95. The van der Waals surface area contributed by atoms with Crippen LogP contribution in [0.4, 0.5) is 0 Å². The summed E-state index contributed by atoms with van der Waals surface area (Å²) in [4.78, 5) is 0. The fraction of sp³-hybridized carbons (Fsp3) is 0.500. The van der Waals surface area contributed by atoms with Gasteiger partial charge in [-0.2, -0.15) is 0 Å². The van der Waals surface area contributed by atoms with Crippen LogP contribution in [0.3, 0.4) is 0 Å². The van der Waals surface area contributed by atoms with Gasteiger partial charge in [-0.05, 0) is 30.5 Å². The van der Waals surface area contributed by atoms with Crippen molar-refractivity contribution in [1.82, 2.24) is 5.32 Å². The molecule has 0 saturated carbocycles. The number of benzene rings is 1. The molecule has 0 aliphatic rings. The largest absolute Gasteiger partial charge is 0.316 e. The van der Waals surface area contributed by atoms with Crippen molar-refractivity contribution in [3.8, 4) is 0 Å². The Morgan fingerprint density at radius 3 is 2.31 bits per heavy atom. The summed E-state index contributed by atoms with van der Waals surface area (Å²) in [6.45, 7) is 5.50. The fourth-order valence-electron chi connectivity index (χ4n) is 1.56. The number of hydrogen-bond acceptors (Lipinski definition) is 1. The van der Waals surface area contributed by atoms with Crippen LogP contribution in [0.1, 0.15) is 25.0 Å². The Kier molecular flexibility index (Phi) is 3.97. The molecule has 1 N–H and O–H groups in total. The number of hydrogen-bond donors (Lipinski definition) is 1. The molecule has 1 heteroatoms. The molecule has 0 amide bonds. The monoisotopic (exact) mass is 177 g/mol. The maximum Gasteiger partial charge on any atom is 0.0205 e. The Morgan fingerprint density at radius 2 is 1.77 bits per heavy atom. The minimum atomic E-state index is 0.734. The zero-order valence-corrected chi connectivity index (χ0v) is 8.80. The topological polar surface area (TPSA) is 12.0 Å². The van der Waals surface area contributed by atoms with Crippen molar-refractivity contribution < 1.29 is 0 Å². The number of rotatable bonds is 4. The van der Waals surface area contributed by atoms with Crippen molar-refractivity contribution in [2.75, 3.05) is 7.05 Å². The molecule has 0 aromatic heterocycles. The van der Waals surface area contributed by atoms with E-state index in [1.165, 1.54) is 17.5 Å². The second-order valence-corrected chi connectivity index (χ2v) is 3.90. The van der Waals surface area contributed by atoms with E-state index in [9.17, 15) is 0 Å². The van der Waals surface area contributed by atoms with Crippen molar-refractivity contribution in [1.29, 1.82) is 0 Å². The van der Waals surface area contributed by atoms with Crippen LogP contribution in [0.5, 0.6) is 0 Å². The standard InChI is InChI=1S/C12H19N/c1-10(2)8-11-6-4-5-7-12(11)9-13-3/h4-7,10,13H,8-9H2,1-3H3. The maximum absolute atomic E-state index is 3.20. The molecule has 1 nitrogen and oxygen atoms in total. The number of nitrogens with one attached hydrogen (secondary N) is 1. The average molecular weight is 177 g/mol. The Morgan fingerprint density at radius 1 is 1.15 bits per heavy atom. The van der Waals surface area contributed by atoms with Gasteiger partial charge in [0.05, 0.1) is 0 Å². The molecule has 0 heterocycles. The molecule has 0 spiro atoms. The van der Waals surface area contributed by atoms with Gasteiger partial charge in [-0.3, -0.25) is 0 Å². The molecule has 1 rings (SSSR count). The fourth-order valence-corrected chi connectivity index (χ4v) is 1.56. The van der Waals surface area contributed by atoms with E-state index in [4.69, 9.17) is 0 Å². The lowest BCUT2D eigenvalue weighted by atomic mass is 9.98. The van der Waals surface area contributed by atoms with Crippen LogP contribution in [-0.4, -0.2) is 7.05 Å². The molecule has 0 saturated heterocycles. The van der Waals surface area contributed by atoms with Gasteiger partial charge in [0.1, 0.15) is 0 Å². The molecule has 0 atom stereocenters. The van der Waals surface area contributed by atoms with E-state index in [0.29, 0.717) is 0 Å². The Balaban J connectivity index is 2.78. The van der Waals surface area contributed by atoms with Gasteiger partial charge in [0, 0.05) is 6.54 Å². The van der Waals surface area contributed by atoms with Gasteiger partial charge in [-0.15, -0.1) is 0 Å². The smallest absolute Gasteiger partial charge is 0.0205 e. The lowest BCUT2D eigenvalue weighted by Gasteiger charge is -2.10. The van der Waals surface area contributed by atoms with E-state index < -0.39 is 0 Å². The molecule has 0 unspecified atom stereocenters. The molecule has 1 aromatic rings. The molecule has 0 fully saturated rings. The lowest BCUT2D eigenvalue weighted by Crippen LogP contribution is -2.08. The predicted octanol–water partition coefficient (Wildman–Crippen LogP) is 2.60. The molecule has 13 heavy (non-hydrogen) atoms. The van der Waals surface area contributed by atoms with Crippen molar-refractivity contribution in [3.05, 3.63) is 35.4 Å². The van der Waals surface area contributed by atoms with E-state index >= 15 is 0 Å².